The van der Waals surface area contributed by atoms with Gasteiger partial charge in [-0.05, 0) is 6.07 Å². The van der Waals surface area contributed by atoms with Crippen LogP contribution in [0.1, 0.15) is 5.56 Å². The largest absolute Gasteiger partial charge is 0.378 e. The van der Waals surface area contributed by atoms with Crippen molar-refractivity contribution in [2.45, 2.75) is 6.54 Å². The van der Waals surface area contributed by atoms with Crippen molar-refractivity contribution in [1.29, 1.82) is 0 Å². The van der Waals surface area contributed by atoms with Crippen LogP contribution in [0.4, 0.5) is 5.82 Å². The molecule has 7 heteroatoms. The highest BCUT2D eigenvalue weighted by atomic mass is 127. The molecule has 0 aromatic carbocycles. The summed E-state index contributed by atoms with van der Waals surface area (Å²) in [5.74, 6) is 1.98. The van der Waals surface area contributed by atoms with E-state index >= 15 is 0 Å². The minimum atomic E-state index is 0. The zero-order valence-electron chi connectivity index (χ0n) is 13.8. The lowest BCUT2D eigenvalue weighted by Gasteiger charge is -2.29. The fourth-order valence-corrected chi connectivity index (χ4v) is 2.45. The van der Waals surface area contributed by atoms with Gasteiger partial charge in [0.25, 0.3) is 0 Å². The van der Waals surface area contributed by atoms with Gasteiger partial charge >= 0.3 is 0 Å². The van der Waals surface area contributed by atoms with Crippen molar-refractivity contribution in [1.82, 2.24) is 14.8 Å². The Morgan fingerprint density at radius 2 is 1.86 bits per heavy atom. The maximum absolute atomic E-state index is 5.41. The van der Waals surface area contributed by atoms with Gasteiger partial charge in [0.15, 0.2) is 5.96 Å². The first kappa shape index (κ1) is 19.0. The van der Waals surface area contributed by atoms with Crippen LogP contribution >= 0.6 is 24.0 Å². The topological polar surface area (TPSA) is 44.2 Å². The lowest BCUT2D eigenvalue weighted by atomic mass is 10.2. The standard InChI is InChI=1S/C15H25N5O.HI/c1-18(2)15(19(3)4)17-12-13-6-5-7-16-14(13)20-8-10-21-11-9-20;/h5-7H,8-12H2,1-4H3;1H. The molecule has 1 aliphatic rings. The zero-order chi connectivity index (χ0) is 15.2. The van der Waals surface area contributed by atoms with Crippen molar-refractivity contribution in [3.8, 4) is 0 Å². The second kappa shape index (κ2) is 9.14. The zero-order valence-corrected chi connectivity index (χ0v) is 16.2. The van der Waals surface area contributed by atoms with Crippen molar-refractivity contribution in [2.75, 3.05) is 59.4 Å². The molecule has 1 fully saturated rings. The fraction of sp³-hybridized carbons (Fsp3) is 0.600. The number of aromatic nitrogens is 1. The minimum Gasteiger partial charge on any atom is -0.378 e. The first-order chi connectivity index (χ1) is 10.1. The third-order valence-electron chi connectivity index (χ3n) is 3.37. The average Bonchev–Trinajstić information content (AvgIpc) is 2.48. The molecule has 0 spiro atoms. The van der Waals surface area contributed by atoms with Crippen LogP contribution in [-0.4, -0.2) is 75.2 Å². The van der Waals surface area contributed by atoms with Crippen molar-refractivity contribution in [3.63, 3.8) is 0 Å². The molecule has 0 N–H and O–H groups in total. The number of anilines is 1. The molecular formula is C15H26IN5O. The van der Waals surface area contributed by atoms with E-state index in [1.807, 2.05) is 50.3 Å². The predicted molar refractivity (Wildman–Crippen MR) is 101 cm³/mol. The Morgan fingerprint density at radius 1 is 1.23 bits per heavy atom. The number of pyridine rings is 1. The van der Waals surface area contributed by atoms with E-state index in [0.717, 1.165) is 43.6 Å². The summed E-state index contributed by atoms with van der Waals surface area (Å²) in [4.78, 5) is 15.6. The minimum absolute atomic E-state index is 0. The van der Waals surface area contributed by atoms with Crippen LogP contribution in [0.2, 0.25) is 0 Å². The predicted octanol–water partition coefficient (Wildman–Crippen LogP) is 1.52. The monoisotopic (exact) mass is 419 g/mol. The molecule has 2 rings (SSSR count). The Balaban J connectivity index is 0.00000242. The maximum Gasteiger partial charge on any atom is 0.195 e. The van der Waals surface area contributed by atoms with Crippen LogP contribution < -0.4 is 4.90 Å². The summed E-state index contributed by atoms with van der Waals surface area (Å²) in [6.45, 7) is 3.94. The first-order valence-electron chi connectivity index (χ1n) is 7.25. The normalized spacial score (nSPS) is 14.1. The number of guanidine groups is 1. The summed E-state index contributed by atoms with van der Waals surface area (Å²) in [6.07, 6.45) is 1.84. The average molecular weight is 419 g/mol. The van der Waals surface area contributed by atoms with Crippen LogP contribution in [0.15, 0.2) is 23.3 Å². The van der Waals surface area contributed by atoms with Gasteiger partial charge in [-0.25, -0.2) is 9.98 Å². The van der Waals surface area contributed by atoms with Gasteiger partial charge in [-0.1, -0.05) is 6.07 Å². The summed E-state index contributed by atoms with van der Waals surface area (Å²) in [7, 11) is 8.02. The molecule has 1 aliphatic heterocycles. The number of rotatable bonds is 3. The smallest absolute Gasteiger partial charge is 0.195 e. The van der Waals surface area contributed by atoms with E-state index in [4.69, 9.17) is 9.73 Å². The molecule has 0 amide bonds. The summed E-state index contributed by atoms with van der Waals surface area (Å²) in [5, 5.41) is 0. The maximum atomic E-state index is 5.41. The molecule has 124 valence electrons. The number of aliphatic imine (C=N–C) groups is 1. The van der Waals surface area contributed by atoms with Crippen molar-refractivity contribution < 1.29 is 4.74 Å². The number of morpholine rings is 1. The molecule has 1 saturated heterocycles. The highest BCUT2D eigenvalue weighted by Crippen LogP contribution is 2.19. The molecule has 1 aromatic rings. The van der Waals surface area contributed by atoms with Gasteiger partial charge in [0.2, 0.25) is 0 Å². The number of hydrogen-bond donors (Lipinski definition) is 0. The first-order valence-corrected chi connectivity index (χ1v) is 7.25. The molecule has 2 heterocycles. The van der Waals surface area contributed by atoms with Gasteiger partial charge in [0.1, 0.15) is 5.82 Å². The van der Waals surface area contributed by atoms with E-state index in [9.17, 15) is 0 Å². The Bertz CT molecular complexity index is 477. The quantitative estimate of drug-likeness (QED) is 0.422. The van der Waals surface area contributed by atoms with Crippen molar-refractivity contribution in [2.24, 2.45) is 4.99 Å². The Morgan fingerprint density at radius 3 is 2.45 bits per heavy atom. The Kier molecular flexibility index (Phi) is 7.88. The van der Waals surface area contributed by atoms with Crippen molar-refractivity contribution >= 4 is 35.8 Å². The summed E-state index contributed by atoms with van der Waals surface area (Å²) >= 11 is 0. The molecule has 0 bridgehead atoms. The van der Waals surface area contributed by atoms with E-state index in [2.05, 4.69) is 16.0 Å². The molecule has 0 atom stereocenters. The third kappa shape index (κ3) is 4.98. The van der Waals surface area contributed by atoms with E-state index in [1.54, 1.807) is 0 Å². The Labute approximate surface area is 150 Å². The highest BCUT2D eigenvalue weighted by molar-refractivity contribution is 14.0. The van der Waals surface area contributed by atoms with Gasteiger partial charge in [-0.3, -0.25) is 0 Å². The number of nitrogens with zero attached hydrogens (tertiary/aromatic N) is 5. The molecule has 0 aliphatic carbocycles. The molecule has 0 unspecified atom stereocenters. The van der Waals surface area contributed by atoms with Crippen LogP contribution in [-0.2, 0) is 11.3 Å². The van der Waals surface area contributed by atoms with Crippen molar-refractivity contribution in [3.05, 3.63) is 23.9 Å². The summed E-state index contributed by atoms with van der Waals surface area (Å²) in [5.41, 5.74) is 1.15. The lowest BCUT2D eigenvalue weighted by molar-refractivity contribution is 0.122. The second-order valence-electron chi connectivity index (χ2n) is 5.49. The number of ether oxygens (including phenoxy) is 1. The number of hydrogen-bond acceptors (Lipinski definition) is 4. The van der Waals surface area contributed by atoms with Crippen LogP contribution in [0.25, 0.3) is 0 Å². The second-order valence-corrected chi connectivity index (χ2v) is 5.49. The van der Waals surface area contributed by atoms with Gasteiger partial charge in [0, 0.05) is 53.0 Å². The summed E-state index contributed by atoms with van der Waals surface area (Å²) in [6, 6.07) is 4.07. The van der Waals surface area contributed by atoms with Gasteiger partial charge in [-0.2, -0.15) is 0 Å². The molecule has 0 saturated carbocycles. The highest BCUT2D eigenvalue weighted by Gasteiger charge is 2.15. The lowest BCUT2D eigenvalue weighted by Crippen LogP contribution is -2.37. The molecule has 22 heavy (non-hydrogen) atoms. The van der Waals surface area contributed by atoms with E-state index in [0.29, 0.717) is 6.54 Å². The summed E-state index contributed by atoms with van der Waals surface area (Å²) < 4.78 is 5.41. The molecule has 6 nitrogen and oxygen atoms in total. The van der Waals surface area contributed by atoms with Gasteiger partial charge in [-0.15, -0.1) is 24.0 Å². The van der Waals surface area contributed by atoms with E-state index in [1.165, 1.54) is 0 Å². The van der Waals surface area contributed by atoms with Gasteiger partial charge in [0.05, 0.1) is 19.8 Å². The van der Waals surface area contributed by atoms with E-state index < -0.39 is 0 Å². The SMILES string of the molecule is CN(C)C(=NCc1cccnc1N1CCOCC1)N(C)C.I. The van der Waals surface area contributed by atoms with Gasteiger partial charge < -0.3 is 19.4 Å². The Hall–Kier alpha value is -1.09. The van der Waals surface area contributed by atoms with Crippen LogP contribution in [0.5, 0.6) is 0 Å². The third-order valence-corrected chi connectivity index (χ3v) is 3.37. The molecular weight excluding hydrogens is 393 g/mol. The van der Waals surface area contributed by atoms with E-state index in [-0.39, 0.29) is 24.0 Å². The van der Waals surface area contributed by atoms with Crippen LogP contribution in [0, 0.1) is 0 Å². The van der Waals surface area contributed by atoms with Crippen LogP contribution in [0.3, 0.4) is 0 Å². The number of halogens is 1. The molecule has 1 aromatic heterocycles. The molecule has 0 radical (unpaired) electrons. The fourth-order valence-electron chi connectivity index (χ4n) is 2.45.